The molecule has 2 aromatic rings. The van der Waals surface area contributed by atoms with Crippen LogP contribution >= 0.6 is 50.1 Å². The highest BCUT2D eigenvalue weighted by Gasteiger charge is 2.16. The molecule has 0 fully saturated rings. The van der Waals surface area contributed by atoms with E-state index in [0.29, 0.717) is 10.2 Å². The van der Waals surface area contributed by atoms with Crippen LogP contribution in [0.15, 0.2) is 40.0 Å². The molecule has 0 aliphatic rings. The van der Waals surface area contributed by atoms with Crippen LogP contribution in [0.25, 0.3) is 0 Å². The van der Waals surface area contributed by atoms with Gasteiger partial charge in [-0.25, -0.2) is 18.4 Å². The Kier molecular flexibility index (Phi) is 4.64. The van der Waals surface area contributed by atoms with Crippen LogP contribution in [-0.4, -0.2) is 18.4 Å². The van der Waals surface area contributed by atoms with Gasteiger partial charge in [0, 0.05) is 8.04 Å². The van der Waals surface area contributed by atoms with Crippen molar-refractivity contribution in [3.8, 4) is 0 Å². The van der Waals surface area contributed by atoms with Crippen molar-refractivity contribution >= 4 is 65.8 Å². The van der Waals surface area contributed by atoms with Crippen molar-refractivity contribution in [2.75, 3.05) is 4.72 Å². The Bertz CT molecular complexity index is 709. The van der Waals surface area contributed by atoms with E-state index in [0.717, 1.165) is 16.0 Å². The van der Waals surface area contributed by atoms with Crippen LogP contribution in [-0.2, 0) is 10.0 Å². The first-order valence-electron chi connectivity index (χ1n) is 4.84. The normalized spacial score (nSPS) is 11.3. The zero-order chi connectivity index (χ0) is 14.0. The van der Waals surface area contributed by atoms with E-state index in [1.165, 1.54) is 0 Å². The zero-order valence-electron chi connectivity index (χ0n) is 9.14. The van der Waals surface area contributed by atoms with Gasteiger partial charge in [0.1, 0.15) is 4.90 Å². The summed E-state index contributed by atoms with van der Waals surface area (Å²) in [5, 5.41) is -0.00519. The topological polar surface area (TPSA) is 72.0 Å². The van der Waals surface area contributed by atoms with Crippen molar-refractivity contribution < 1.29 is 8.42 Å². The first kappa shape index (κ1) is 14.9. The number of anilines is 1. The summed E-state index contributed by atoms with van der Waals surface area (Å²) in [6, 6.07) is 5.32. The van der Waals surface area contributed by atoms with Crippen LogP contribution in [0.3, 0.4) is 0 Å². The van der Waals surface area contributed by atoms with E-state index >= 15 is 0 Å². The quantitative estimate of drug-likeness (QED) is 0.548. The number of hydrogen-bond acceptors (Lipinski definition) is 4. The highest BCUT2D eigenvalue weighted by Crippen LogP contribution is 2.26. The molecule has 0 aliphatic heterocycles. The molecule has 0 saturated heterocycles. The minimum atomic E-state index is -3.74. The molecule has 0 saturated carbocycles. The number of nitrogens with one attached hydrogen (secondary N) is 1. The zero-order valence-corrected chi connectivity index (χ0v) is 14.5. The average molecular weight is 475 g/mol. The monoisotopic (exact) mass is 473 g/mol. The number of aromatic nitrogens is 2. The molecule has 0 atom stereocenters. The van der Waals surface area contributed by atoms with Crippen LogP contribution < -0.4 is 4.72 Å². The Labute approximate surface area is 137 Å². The Morgan fingerprint density at radius 2 is 1.89 bits per heavy atom. The second-order valence-electron chi connectivity index (χ2n) is 3.42. The molecule has 0 bridgehead atoms. The van der Waals surface area contributed by atoms with E-state index < -0.39 is 10.0 Å². The fraction of sp³-hybridized carbons (Fsp3) is 0. The molecular formula is C10H6BrClIN3O2S. The minimum Gasteiger partial charge on any atom is -0.278 e. The van der Waals surface area contributed by atoms with Crippen LogP contribution in [0.5, 0.6) is 0 Å². The summed E-state index contributed by atoms with van der Waals surface area (Å²) < 4.78 is 28.3. The Morgan fingerprint density at radius 3 is 2.53 bits per heavy atom. The van der Waals surface area contributed by atoms with E-state index in [-0.39, 0.29) is 10.2 Å². The smallest absolute Gasteiger partial charge is 0.265 e. The van der Waals surface area contributed by atoms with E-state index in [2.05, 4.69) is 53.2 Å². The molecule has 19 heavy (non-hydrogen) atoms. The summed E-state index contributed by atoms with van der Waals surface area (Å²) in [6.07, 6.45) is 2.30. The molecule has 1 aromatic heterocycles. The summed E-state index contributed by atoms with van der Waals surface area (Å²) >= 11 is 10.9. The SMILES string of the molecule is O=S(=O)(Nc1cc(I)ccc1Br)c1cnc(Cl)nc1. The van der Waals surface area contributed by atoms with Crippen molar-refractivity contribution in [3.05, 3.63) is 43.9 Å². The lowest BCUT2D eigenvalue weighted by atomic mass is 10.3. The van der Waals surface area contributed by atoms with Gasteiger partial charge in [0.25, 0.3) is 10.0 Å². The second-order valence-corrected chi connectivity index (χ2v) is 7.54. The predicted molar refractivity (Wildman–Crippen MR) is 84.7 cm³/mol. The van der Waals surface area contributed by atoms with Gasteiger partial charge in [0.15, 0.2) is 0 Å². The molecule has 0 spiro atoms. The molecule has 9 heteroatoms. The Hall–Kier alpha value is -0.450. The van der Waals surface area contributed by atoms with Crippen LogP contribution in [0.1, 0.15) is 0 Å². The van der Waals surface area contributed by atoms with Crippen molar-refractivity contribution in [2.45, 2.75) is 4.90 Å². The number of nitrogens with zero attached hydrogens (tertiary/aromatic N) is 2. The molecular weight excluding hydrogens is 468 g/mol. The Morgan fingerprint density at radius 1 is 1.26 bits per heavy atom. The van der Waals surface area contributed by atoms with Crippen LogP contribution in [0.4, 0.5) is 5.69 Å². The molecule has 0 aliphatic carbocycles. The molecule has 2 rings (SSSR count). The first-order valence-corrected chi connectivity index (χ1v) is 8.57. The molecule has 0 unspecified atom stereocenters. The van der Waals surface area contributed by atoms with E-state index in [9.17, 15) is 8.42 Å². The third-order valence-electron chi connectivity index (χ3n) is 2.08. The van der Waals surface area contributed by atoms with Crippen molar-refractivity contribution in [1.82, 2.24) is 9.97 Å². The maximum Gasteiger partial charge on any atom is 0.265 e. The highest BCUT2D eigenvalue weighted by molar-refractivity contribution is 14.1. The number of sulfonamides is 1. The molecule has 0 amide bonds. The number of hydrogen-bond donors (Lipinski definition) is 1. The lowest BCUT2D eigenvalue weighted by molar-refractivity contribution is 0.600. The summed E-state index contributed by atoms with van der Waals surface area (Å²) in [4.78, 5) is 7.24. The van der Waals surface area contributed by atoms with Gasteiger partial charge < -0.3 is 0 Å². The lowest BCUT2D eigenvalue weighted by Gasteiger charge is -2.09. The maximum absolute atomic E-state index is 12.1. The largest absolute Gasteiger partial charge is 0.278 e. The summed E-state index contributed by atoms with van der Waals surface area (Å²) in [6.45, 7) is 0. The summed E-state index contributed by atoms with van der Waals surface area (Å²) in [7, 11) is -3.74. The van der Waals surface area contributed by atoms with Gasteiger partial charge in [-0.05, 0) is 68.3 Å². The number of halogens is 3. The van der Waals surface area contributed by atoms with E-state index in [4.69, 9.17) is 11.6 Å². The van der Waals surface area contributed by atoms with Gasteiger partial charge in [-0.15, -0.1) is 0 Å². The van der Waals surface area contributed by atoms with Crippen molar-refractivity contribution in [2.24, 2.45) is 0 Å². The standard InChI is InChI=1S/C10H6BrClIN3O2S/c11-8-2-1-6(13)3-9(8)16-19(17,18)7-4-14-10(12)15-5-7/h1-5,16H. The van der Waals surface area contributed by atoms with Gasteiger partial charge in [-0.1, -0.05) is 0 Å². The van der Waals surface area contributed by atoms with Gasteiger partial charge in [0.2, 0.25) is 5.28 Å². The van der Waals surface area contributed by atoms with Crippen LogP contribution in [0, 0.1) is 3.57 Å². The molecule has 100 valence electrons. The number of benzene rings is 1. The fourth-order valence-corrected chi connectivity index (χ4v) is 3.24. The molecule has 5 nitrogen and oxygen atoms in total. The van der Waals surface area contributed by atoms with Crippen molar-refractivity contribution in [1.29, 1.82) is 0 Å². The molecule has 1 heterocycles. The predicted octanol–water partition coefficient (Wildman–Crippen LogP) is 3.30. The van der Waals surface area contributed by atoms with E-state index in [1.807, 2.05) is 6.07 Å². The third-order valence-corrected chi connectivity index (χ3v) is 4.96. The average Bonchev–Trinajstić information content (AvgIpc) is 2.34. The van der Waals surface area contributed by atoms with Gasteiger partial charge in [-0.2, -0.15) is 0 Å². The summed E-state index contributed by atoms with van der Waals surface area (Å²) in [5.41, 5.74) is 0.446. The van der Waals surface area contributed by atoms with Gasteiger partial charge in [0.05, 0.1) is 18.1 Å². The molecule has 1 N–H and O–H groups in total. The maximum atomic E-state index is 12.1. The molecule has 0 radical (unpaired) electrons. The van der Waals surface area contributed by atoms with Gasteiger partial charge >= 0.3 is 0 Å². The van der Waals surface area contributed by atoms with E-state index in [1.54, 1.807) is 12.1 Å². The van der Waals surface area contributed by atoms with Gasteiger partial charge in [-0.3, -0.25) is 4.72 Å². The molecule has 1 aromatic carbocycles. The van der Waals surface area contributed by atoms with Crippen molar-refractivity contribution in [3.63, 3.8) is 0 Å². The second kappa shape index (κ2) is 5.90. The van der Waals surface area contributed by atoms with Crippen LogP contribution in [0.2, 0.25) is 5.28 Å². The lowest BCUT2D eigenvalue weighted by Crippen LogP contribution is -2.14. The Balaban J connectivity index is 2.36. The third kappa shape index (κ3) is 3.77. The highest BCUT2D eigenvalue weighted by atomic mass is 127. The summed E-state index contributed by atoms with van der Waals surface area (Å²) in [5.74, 6) is 0. The first-order chi connectivity index (χ1) is 8.88. The fourth-order valence-electron chi connectivity index (χ4n) is 1.22. The minimum absolute atomic E-state index is 0.00519. The number of rotatable bonds is 3.